The van der Waals surface area contributed by atoms with Crippen LogP contribution in [0.4, 0.5) is 10.1 Å². The molecule has 0 aliphatic rings. The van der Waals surface area contributed by atoms with Crippen LogP contribution in [0, 0.1) is 28.3 Å². The van der Waals surface area contributed by atoms with E-state index in [0.29, 0.717) is 6.07 Å². The molecule has 6 nitrogen and oxygen atoms in total. The van der Waals surface area contributed by atoms with Crippen LogP contribution >= 0.6 is 0 Å². The minimum absolute atomic E-state index is 0.423. The lowest BCUT2D eigenvalue weighted by Crippen LogP contribution is -2.31. The first-order chi connectivity index (χ1) is 8.27. The van der Waals surface area contributed by atoms with Crippen molar-refractivity contribution < 1.29 is 17.7 Å². The van der Waals surface area contributed by atoms with Gasteiger partial charge in [-0.15, -0.1) is 6.42 Å². The van der Waals surface area contributed by atoms with Crippen molar-refractivity contribution in [1.82, 2.24) is 4.72 Å². The summed E-state index contributed by atoms with van der Waals surface area (Å²) < 4.78 is 38.8. The molecule has 0 saturated carbocycles. The Labute approximate surface area is 103 Å². The van der Waals surface area contributed by atoms with E-state index in [1.807, 2.05) is 0 Å². The Bertz CT molecular complexity index is 621. The van der Waals surface area contributed by atoms with E-state index in [2.05, 4.69) is 10.6 Å². The molecule has 0 spiro atoms. The standard InChI is InChI=1S/C10H9FN2O4S/c1-3-7(2)12-18(16,17)8-4-5-10(13(14)15)9(11)6-8/h1,4-7,12H,2H3. The normalized spacial score (nSPS) is 12.7. The van der Waals surface area contributed by atoms with E-state index < -0.39 is 37.4 Å². The maximum Gasteiger partial charge on any atom is 0.304 e. The first-order valence-electron chi connectivity index (χ1n) is 4.70. The molecule has 1 atom stereocenters. The van der Waals surface area contributed by atoms with Crippen LogP contribution in [0.5, 0.6) is 0 Å². The molecule has 0 fully saturated rings. The molecule has 1 unspecified atom stereocenters. The summed E-state index contributed by atoms with van der Waals surface area (Å²) in [4.78, 5) is 9.02. The summed E-state index contributed by atoms with van der Waals surface area (Å²) in [5.74, 6) is 0.917. The average Bonchev–Trinajstić information content (AvgIpc) is 2.27. The molecule has 0 aliphatic heterocycles. The van der Waals surface area contributed by atoms with Gasteiger partial charge in [0.05, 0.1) is 15.9 Å². The predicted octanol–water partition coefficient (Wildman–Crippen LogP) is 1.03. The Kier molecular flexibility index (Phi) is 4.00. The molecule has 0 aliphatic carbocycles. The lowest BCUT2D eigenvalue weighted by molar-refractivity contribution is -0.387. The number of nitrogens with zero attached hydrogens (tertiary/aromatic N) is 1. The number of terminal acetylenes is 1. The Morgan fingerprint density at radius 2 is 2.17 bits per heavy atom. The minimum Gasteiger partial charge on any atom is -0.258 e. The smallest absolute Gasteiger partial charge is 0.258 e. The number of rotatable bonds is 4. The summed E-state index contributed by atoms with van der Waals surface area (Å²) in [7, 11) is -3.99. The minimum atomic E-state index is -3.99. The van der Waals surface area contributed by atoms with Gasteiger partial charge in [0.2, 0.25) is 15.8 Å². The van der Waals surface area contributed by atoms with E-state index in [1.54, 1.807) is 0 Å². The van der Waals surface area contributed by atoms with Gasteiger partial charge < -0.3 is 0 Å². The number of hydrogen-bond acceptors (Lipinski definition) is 4. The predicted molar refractivity (Wildman–Crippen MR) is 61.7 cm³/mol. The van der Waals surface area contributed by atoms with Gasteiger partial charge in [-0.05, 0) is 13.0 Å². The third-order valence-corrected chi connectivity index (χ3v) is 3.55. The summed E-state index contributed by atoms with van der Waals surface area (Å²) >= 11 is 0. The second kappa shape index (κ2) is 5.12. The van der Waals surface area contributed by atoms with Gasteiger partial charge >= 0.3 is 5.69 Å². The highest BCUT2D eigenvalue weighted by molar-refractivity contribution is 7.89. The largest absolute Gasteiger partial charge is 0.304 e. The number of nitro benzene ring substituents is 1. The lowest BCUT2D eigenvalue weighted by atomic mass is 10.3. The summed E-state index contributed by atoms with van der Waals surface area (Å²) in [6.45, 7) is 1.43. The SMILES string of the molecule is C#CC(C)NS(=O)(=O)c1ccc([N+](=O)[O-])c(F)c1. The molecule has 0 bridgehead atoms. The van der Waals surface area contributed by atoms with Gasteiger partial charge in [0.15, 0.2) is 0 Å². The molecule has 1 aromatic carbocycles. The maximum atomic E-state index is 13.3. The van der Waals surface area contributed by atoms with Crippen molar-refractivity contribution in [2.24, 2.45) is 0 Å². The van der Waals surface area contributed by atoms with E-state index in [-0.39, 0.29) is 0 Å². The number of halogens is 1. The van der Waals surface area contributed by atoms with Gasteiger partial charge in [-0.2, -0.15) is 9.11 Å². The van der Waals surface area contributed by atoms with Crippen molar-refractivity contribution in [3.05, 3.63) is 34.1 Å². The molecule has 0 saturated heterocycles. The van der Waals surface area contributed by atoms with Crippen LogP contribution in [0.3, 0.4) is 0 Å². The lowest BCUT2D eigenvalue weighted by Gasteiger charge is -2.08. The Hall–Kier alpha value is -1.98. The van der Waals surface area contributed by atoms with Crippen LogP contribution < -0.4 is 4.72 Å². The molecule has 0 aromatic heterocycles. The van der Waals surface area contributed by atoms with E-state index in [0.717, 1.165) is 12.1 Å². The highest BCUT2D eigenvalue weighted by Crippen LogP contribution is 2.20. The van der Waals surface area contributed by atoms with Gasteiger partial charge in [-0.25, -0.2) is 8.42 Å². The summed E-state index contributed by atoms with van der Waals surface area (Å²) in [5.41, 5.74) is -0.793. The van der Waals surface area contributed by atoms with Crippen molar-refractivity contribution in [2.75, 3.05) is 0 Å². The summed E-state index contributed by atoms with van der Waals surface area (Å²) in [6.07, 6.45) is 5.01. The van der Waals surface area contributed by atoms with E-state index in [1.165, 1.54) is 6.92 Å². The number of hydrogen-bond donors (Lipinski definition) is 1. The summed E-state index contributed by atoms with van der Waals surface area (Å²) in [5, 5.41) is 10.4. The quantitative estimate of drug-likeness (QED) is 0.503. The van der Waals surface area contributed by atoms with Crippen molar-refractivity contribution in [3.8, 4) is 12.3 Å². The van der Waals surface area contributed by atoms with Gasteiger partial charge in [-0.1, -0.05) is 5.92 Å². The average molecular weight is 272 g/mol. The Balaban J connectivity index is 3.16. The molecule has 0 amide bonds. The molecule has 8 heteroatoms. The highest BCUT2D eigenvalue weighted by Gasteiger charge is 2.21. The molecule has 0 radical (unpaired) electrons. The topological polar surface area (TPSA) is 89.3 Å². The van der Waals surface area contributed by atoms with Crippen LogP contribution in [0.2, 0.25) is 0 Å². The molecular formula is C10H9FN2O4S. The van der Waals surface area contributed by atoms with Gasteiger partial charge in [0.1, 0.15) is 0 Å². The second-order valence-corrected chi connectivity index (χ2v) is 5.09. The van der Waals surface area contributed by atoms with Crippen molar-refractivity contribution in [3.63, 3.8) is 0 Å². The fourth-order valence-corrected chi connectivity index (χ4v) is 2.31. The molecule has 96 valence electrons. The third-order valence-electron chi connectivity index (χ3n) is 2.01. The molecule has 0 heterocycles. The molecular weight excluding hydrogens is 263 g/mol. The number of sulfonamides is 1. The van der Waals surface area contributed by atoms with Gasteiger partial charge in [0.25, 0.3) is 0 Å². The van der Waals surface area contributed by atoms with Crippen LogP contribution in [0.25, 0.3) is 0 Å². The Morgan fingerprint density at radius 1 is 1.56 bits per heavy atom. The maximum absolute atomic E-state index is 13.3. The summed E-state index contributed by atoms with van der Waals surface area (Å²) in [6, 6.07) is 1.52. The molecule has 1 N–H and O–H groups in total. The first kappa shape index (κ1) is 14.1. The molecule has 18 heavy (non-hydrogen) atoms. The zero-order valence-corrected chi connectivity index (χ0v) is 10.1. The van der Waals surface area contributed by atoms with E-state index in [4.69, 9.17) is 6.42 Å². The number of nitro groups is 1. The van der Waals surface area contributed by atoms with Crippen LogP contribution in [-0.4, -0.2) is 19.4 Å². The number of nitrogens with one attached hydrogen (secondary N) is 1. The Morgan fingerprint density at radius 3 is 2.61 bits per heavy atom. The van der Waals surface area contributed by atoms with Crippen LogP contribution in [0.1, 0.15) is 6.92 Å². The first-order valence-corrected chi connectivity index (χ1v) is 6.18. The zero-order valence-electron chi connectivity index (χ0n) is 9.25. The van der Waals surface area contributed by atoms with Gasteiger partial charge in [0, 0.05) is 12.1 Å². The second-order valence-electron chi connectivity index (χ2n) is 3.38. The van der Waals surface area contributed by atoms with Crippen molar-refractivity contribution in [1.29, 1.82) is 0 Å². The van der Waals surface area contributed by atoms with Gasteiger partial charge in [-0.3, -0.25) is 10.1 Å². The zero-order chi connectivity index (χ0) is 13.9. The third kappa shape index (κ3) is 3.03. The van der Waals surface area contributed by atoms with Crippen LogP contribution in [0.15, 0.2) is 23.1 Å². The fraction of sp³-hybridized carbons (Fsp3) is 0.200. The van der Waals surface area contributed by atoms with Crippen LogP contribution in [-0.2, 0) is 10.0 Å². The fourth-order valence-electron chi connectivity index (χ4n) is 1.14. The van der Waals surface area contributed by atoms with E-state index in [9.17, 15) is 22.9 Å². The van der Waals surface area contributed by atoms with Crippen molar-refractivity contribution >= 4 is 15.7 Å². The molecule has 1 rings (SSSR count). The monoisotopic (exact) mass is 272 g/mol. The number of benzene rings is 1. The highest BCUT2D eigenvalue weighted by atomic mass is 32.2. The van der Waals surface area contributed by atoms with E-state index >= 15 is 0 Å². The van der Waals surface area contributed by atoms with Crippen molar-refractivity contribution in [2.45, 2.75) is 17.9 Å². The molecule has 1 aromatic rings.